The maximum Gasteiger partial charge on any atom is 0.243 e. The number of nitro groups is 1. The van der Waals surface area contributed by atoms with Crippen LogP contribution in [-0.2, 0) is 13.0 Å². The molecule has 0 amide bonds. The lowest BCUT2D eigenvalue weighted by Crippen LogP contribution is -2.10. The third kappa shape index (κ3) is 2.28. The van der Waals surface area contributed by atoms with Gasteiger partial charge in [-0.3, -0.25) is 10.1 Å². The summed E-state index contributed by atoms with van der Waals surface area (Å²) in [7, 11) is 1.63. The normalized spacial score (nSPS) is 15.0. The molecule has 5 nitrogen and oxygen atoms in total. The Hall–Kier alpha value is -2.30. The van der Waals surface area contributed by atoms with Crippen LogP contribution in [0, 0.1) is 10.1 Å². The van der Waals surface area contributed by atoms with E-state index in [9.17, 15) is 10.1 Å². The molecule has 0 saturated carbocycles. The lowest BCUT2D eigenvalue weighted by atomic mass is 10.0. The molecule has 1 aromatic heterocycles. The number of aromatic nitrogens is 1. The van der Waals surface area contributed by atoms with Crippen molar-refractivity contribution in [2.75, 3.05) is 7.11 Å². The maximum atomic E-state index is 11.0. The van der Waals surface area contributed by atoms with Crippen molar-refractivity contribution in [3.05, 3.63) is 45.3 Å². The van der Waals surface area contributed by atoms with E-state index in [2.05, 4.69) is 4.57 Å². The molecule has 0 unspecified atom stereocenters. The number of aryl methyl sites for hydroxylation is 1. The van der Waals surface area contributed by atoms with Crippen molar-refractivity contribution in [1.82, 2.24) is 4.57 Å². The average molecular weight is 286 g/mol. The Balaban J connectivity index is 2.29. The first-order chi connectivity index (χ1) is 10.1. The summed E-state index contributed by atoms with van der Waals surface area (Å²) < 4.78 is 7.59. The number of hydrogen-bond acceptors (Lipinski definition) is 3. The number of ether oxygens (including phenoxy) is 1. The number of allylic oxidation sites excluding steroid dienone is 1. The molecule has 1 aliphatic heterocycles. The second kappa shape index (κ2) is 5.24. The van der Waals surface area contributed by atoms with Crippen LogP contribution in [0.1, 0.15) is 31.0 Å². The van der Waals surface area contributed by atoms with Crippen molar-refractivity contribution in [3.63, 3.8) is 0 Å². The highest BCUT2D eigenvalue weighted by Crippen LogP contribution is 2.34. The first-order valence-electron chi connectivity index (χ1n) is 7.13. The Labute approximate surface area is 123 Å². The summed E-state index contributed by atoms with van der Waals surface area (Å²) >= 11 is 0. The number of benzene rings is 1. The lowest BCUT2D eigenvalue weighted by molar-refractivity contribution is -0.422. The molecule has 0 fully saturated rings. The van der Waals surface area contributed by atoms with Crippen LogP contribution < -0.4 is 4.74 Å². The molecule has 110 valence electrons. The van der Waals surface area contributed by atoms with Gasteiger partial charge in [0.1, 0.15) is 5.75 Å². The van der Waals surface area contributed by atoms with Crippen LogP contribution in [0.15, 0.2) is 23.9 Å². The van der Waals surface area contributed by atoms with Crippen LogP contribution in [-0.4, -0.2) is 16.6 Å². The summed E-state index contributed by atoms with van der Waals surface area (Å²) in [5.74, 6) is 0.777. The molecule has 21 heavy (non-hydrogen) atoms. The van der Waals surface area contributed by atoms with Crippen LogP contribution in [0.25, 0.3) is 17.0 Å². The van der Waals surface area contributed by atoms with E-state index in [1.807, 2.05) is 18.2 Å². The van der Waals surface area contributed by atoms with Gasteiger partial charge in [0.05, 0.1) is 12.0 Å². The van der Waals surface area contributed by atoms with Gasteiger partial charge in [0.25, 0.3) is 0 Å². The Kier molecular flexibility index (Phi) is 3.41. The van der Waals surface area contributed by atoms with Gasteiger partial charge in [0, 0.05) is 41.7 Å². The van der Waals surface area contributed by atoms with Gasteiger partial charge in [0.15, 0.2) is 0 Å². The van der Waals surface area contributed by atoms with Gasteiger partial charge in [-0.15, -0.1) is 0 Å². The first kappa shape index (κ1) is 13.7. The largest absolute Gasteiger partial charge is 0.497 e. The van der Waals surface area contributed by atoms with Gasteiger partial charge in [-0.25, -0.2) is 0 Å². The summed E-state index contributed by atoms with van der Waals surface area (Å²) in [4.78, 5) is 10.6. The molecule has 2 heterocycles. The summed E-state index contributed by atoms with van der Waals surface area (Å²) in [6.45, 7) is 2.52. The standard InChI is InChI=1S/C16H18N2O3/c1-11(18(19)20)9-13-14-10-12(21-2)6-7-16(14)17-8-4-3-5-15(13)17/h6-7,9-10H,3-5,8H2,1-2H3/b11-9+. The van der Waals surface area contributed by atoms with E-state index < -0.39 is 0 Å². The average Bonchev–Trinajstić information content (AvgIpc) is 2.81. The second-order valence-corrected chi connectivity index (χ2v) is 5.40. The third-order valence-electron chi connectivity index (χ3n) is 4.11. The highest BCUT2D eigenvalue weighted by atomic mass is 16.6. The van der Waals surface area contributed by atoms with Crippen molar-refractivity contribution in [2.24, 2.45) is 0 Å². The highest BCUT2D eigenvalue weighted by molar-refractivity contribution is 5.92. The summed E-state index contributed by atoms with van der Waals surface area (Å²) in [6.07, 6.45) is 4.94. The molecule has 0 aliphatic carbocycles. The zero-order valence-corrected chi connectivity index (χ0v) is 12.3. The monoisotopic (exact) mass is 286 g/mol. The fourth-order valence-electron chi connectivity index (χ4n) is 3.05. The molecule has 0 bridgehead atoms. The van der Waals surface area contributed by atoms with Crippen LogP contribution in [0.2, 0.25) is 0 Å². The molecular formula is C16H18N2O3. The van der Waals surface area contributed by atoms with Crippen molar-refractivity contribution in [3.8, 4) is 5.75 Å². The number of fused-ring (bicyclic) bond motifs is 3. The number of methoxy groups -OCH3 is 1. The topological polar surface area (TPSA) is 57.3 Å². The first-order valence-corrected chi connectivity index (χ1v) is 7.13. The van der Waals surface area contributed by atoms with Crippen molar-refractivity contribution >= 4 is 17.0 Å². The van der Waals surface area contributed by atoms with E-state index >= 15 is 0 Å². The Morgan fingerprint density at radius 3 is 2.95 bits per heavy atom. The van der Waals surface area contributed by atoms with E-state index in [4.69, 9.17) is 4.74 Å². The molecule has 0 atom stereocenters. The van der Waals surface area contributed by atoms with E-state index in [1.165, 1.54) is 5.69 Å². The Morgan fingerprint density at radius 1 is 1.43 bits per heavy atom. The van der Waals surface area contributed by atoms with E-state index in [0.29, 0.717) is 0 Å². The van der Waals surface area contributed by atoms with Crippen LogP contribution in [0.4, 0.5) is 0 Å². The zero-order valence-electron chi connectivity index (χ0n) is 12.3. The molecular weight excluding hydrogens is 268 g/mol. The number of rotatable bonds is 3. The Bertz CT molecular complexity index is 744. The maximum absolute atomic E-state index is 11.0. The fourth-order valence-corrected chi connectivity index (χ4v) is 3.05. The zero-order chi connectivity index (χ0) is 15.0. The molecule has 0 saturated heterocycles. The van der Waals surface area contributed by atoms with E-state index in [-0.39, 0.29) is 10.6 Å². The van der Waals surface area contributed by atoms with Gasteiger partial charge < -0.3 is 9.30 Å². The molecule has 0 N–H and O–H groups in total. The predicted molar refractivity (Wildman–Crippen MR) is 82.1 cm³/mol. The van der Waals surface area contributed by atoms with Gasteiger partial charge in [-0.05, 0) is 37.5 Å². The van der Waals surface area contributed by atoms with Gasteiger partial charge in [0.2, 0.25) is 5.70 Å². The van der Waals surface area contributed by atoms with Gasteiger partial charge in [-0.2, -0.15) is 0 Å². The number of hydrogen-bond donors (Lipinski definition) is 0. The van der Waals surface area contributed by atoms with Crippen LogP contribution in [0.3, 0.4) is 0 Å². The summed E-state index contributed by atoms with van der Waals surface area (Å²) in [5.41, 5.74) is 3.47. The van der Waals surface area contributed by atoms with Crippen molar-refractivity contribution in [1.29, 1.82) is 0 Å². The minimum atomic E-state index is -0.334. The van der Waals surface area contributed by atoms with Crippen LogP contribution in [0.5, 0.6) is 5.75 Å². The number of nitrogens with zero attached hydrogens (tertiary/aromatic N) is 2. The molecule has 1 aromatic carbocycles. The molecule has 1 aliphatic rings. The quantitative estimate of drug-likeness (QED) is 0.639. The molecule has 0 radical (unpaired) electrons. The lowest BCUT2D eigenvalue weighted by Gasteiger charge is -2.16. The van der Waals surface area contributed by atoms with Gasteiger partial charge in [-0.1, -0.05) is 0 Å². The van der Waals surface area contributed by atoms with E-state index in [1.54, 1.807) is 20.1 Å². The van der Waals surface area contributed by atoms with E-state index in [0.717, 1.165) is 48.0 Å². The minimum absolute atomic E-state index is 0.165. The molecule has 3 rings (SSSR count). The SMILES string of the molecule is COc1ccc2c(c1)c(/C=C(\C)[N+](=O)[O-])c1n2CCCC1. The van der Waals surface area contributed by atoms with Crippen LogP contribution >= 0.6 is 0 Å². The third-order valence-corrected chi connectivity index (χ3v) is 4.11. The Morgan fingerprint density at radius 2 is 2.24 bits per heavy atom. The minimum Gasteiger partial charge on any atom is -0.497 e. The molecule has 0 spiro atoms. The van der Waals surface area contributed by atoms with Gasteiger partial charge >= 0.3 is 0 Å². The molecule has 2 aromatic rings. The fraction of sp³-hybridized carbons (Fsp3) is 0.375. The van der Waals surface area contributed by atoms with Crippen molar-refractivity contribution < 1.29 is 9.66 Å². The summed E-state index contributed by atoms with van der Waals surface area (Å²) in [5, 5.41) is 12.0. The summed E-state index contributed by atoms with van der Waals surface area (Å²) in [6, 6.07) is 5.96. The van der Waals surface area contributed by atoms with Crippen molar-refractivity contribution in [2.45, 2.75) is 32.7 Å². The second-order valence-electron chi connectivity index (χ2n) is 5.40. The predicted octanol–water partition coefficient (Wildman–Crippen LogP) is 3.62. The highest BCUT2D eigenvalue weighted by Gasteiger charge is 2.20. The smallest absolute Gasteiger partial charge is 0.243 e. The molecule has 5 heteroatoms.